The number of hydrogen-bond acceptors (Lipinski definition) is 7. The van der Waals surface area contributed by atoms with Gasteiger partial charge in [0.05, 0.1) is 31.3 Å². The first-order chi connectivity index (χ1) is 13.8. The Balaban J connectivity index is 2.55. The average molecular weight is 420 g/mol. The molecule has 0 saturated carbocycles. The third-order valence-electron chi connectivity index (χ3n) is 4.11. The molecule has 156 valence electrons. The van der Waals surface area contributed by atoms with Gasteiger partial charge in [-0.25, -0.2) is 4.79 Å². The fourth-order valence-electron chi connectivity index (χ4n) is 2.70. The molecule has 0 spiro atoms. The maximum absolute atomic E-state index is 13.0. The van der Waals surface area contributed by atoms with Crippen molar-refractivity contribution in [2.75, 3.05) is 40.2 Å². The number of methoxy groups -OCH3 is 2. The number of benzene rings is 1. The van der Waals surface area contributed by atoms with Crippen molar-refractivity contribution in [1.29, 1.82) is 0 Å². The highest BCUT2D eigenvalue weighted by atomic mass is 32.1. The quantitative estimate of drug-likeness (QED) is 0.692. The molecule has 0 bridgehead atoms. The minimum absolute atomic E-state index is 0.157. The summed E-state index contributed by atoms with van der Waals surface area (Å²) in [5.41, 5.74) is 0.789. The van der Waals surface area contributed by atoms with Gasteiger partial charge >= 0.3 is 5.97 Å². The van der Waals surface area contributed by atoms with E-state index in [1.54, 1.807) is 46.1 Å². The van der Waals surface area contributed by atoms with Crippen molar-refractivity contribution in [2.24, 2.45) is 0 Å². The van der Waals surface area contributed by atoms with E-state index >= 15 is 0 Å². The van der Waals surface area contributed by atoms with Gasteiger partial charge in [-0.1, -0.05) is 6.07 Å². The molecule has 0 atom stereocenters. The van der Waals surface area contributed by atoms with Crippen molar-refractivity contribution in [1.82, 2.24) is 4.90 Å². The highest BCUT2D eigenvalue weighted by molar-refractivity contribution is 7.18. The Kier molecular flexibility index (Phi) is 7.22. The van der Waals surface area contributed by atoms with Crippen molar-refractivity contribution >= 4 is 34.1 Å². The highest BCUT2D eigenvalue weighted by Crippen LogP contribution is 2.36. The molecule has 9 heteroatoms. The van der Waals surface area contributed by atoms with Crippen LogP contribution in [0.3, 0.4) is 0 Å². The maximum atomic E-state index is 13.0. The maximum Gasteiger partial charge on any atom is 0.341 e. The zero-order valence-corrected chi connectivity index (χ0v) is 18.1. The van der Waals surface area contributed by atoms with Crippen molar-refractivity contribution in [3.05, 3.63) is 39.8 Å². The van der Waals surface area contributed by atoms with E-state index in [0.717, 1.165) is 11.3 Å². The van der Waals surface area contributed by atoms with Gasteiger partial charge in [0, 0.05) is 14.1 Å². The highest BCUT2D eigenvalue weighted by Gasteiger charge is 2.28. The summed E-state index contributed by atoms with van der Waals surface area (Å²) in [5, 5.41) is 2.94. The first kappa shape index (κ1) is 22.2. The molecule has 2 aromatic rings. The molecule has 1 aromatic heterocycles. The number of carbonyl (C=O) groups excluding carboxylic acids is 3. The van der Waals surface area contributed by atoms with E-state index in [-0.39, 0.29) is 28.6 Å². The van der Waals surface area contributed by atoms with Crippen molar-refractivity contribution in [2.45, 2.75) is 13.8 Å². The van der Waals surface area contributed by atoms with E-state index < -0.39 is 11.9 Å². The van der Waals surface area contributed by atoms with E-state index in [4.69, 9.17) is 14.2 Å². The van der Waals surface area contributed by atoms with Crippen molar-refractivity contribution < 1.29 is 28.6 Å². The zero-order chi connectivity index (χ0) is 21.7. The van der Waals surface area contributed by atoms with Gasteiger partial charge in [0.2, 0.25) is 0 Å². The van der Waals surface area contributed by atoms with Crippen LogP contribution in [0.2, 0.25) is 0 Å². The van der Waals surface area contributed by atoms with Crippen LogP contribution in [0.5, 0.6) is 11.5 Å². The monoisotopic (exact) mass is 420 g/mol. The minimum Gasteiger partial charge on any atom is -0.496 e. The van der Waals surface area contributed by atoms with Crippen LogP contribution < -0.4 is 14.8 Å². The van der Waals surface area contributed by atoms with Crippen LogP contribution in [0.25, 0.3) is 0 Å². The van der Waals surface area contributed by atoms with Crippen LogP contribution in [-0.2, 0) is 4.74 Å². The predicted molar refractivity (Wildman–Crippen MR) is 111 cm³/mol. The lowest BCUT2D eigenvalue weighted by Gasteiger charge is -2.13. The van der Waals surface area contributed by atoms with Crippen LogP contribution >= 0.6 is 11.3 Å². The Morgan fingerprint density at radius 2 is 1.66 bits per heavy atom. The lowest BCUT2D eigenvalue weighted by atomic mass is 10.1. The number of esters is 1. The van der Waals surface area contributed by atoms with E-state index in [1.807, 2.05) is 0 Å². The van der Waals surface area contributed by atoms with Crippen LogP contribution in [0.4, 0.5) is 5.00 Å². The zero-order valence-electron chi connectivity index (χ0n) is 17.2. The van der Waals surface area contributed by atoms with Gasteiger partial charge in [-0.2, -0.15) is 0 Å². The van der Waals surface area contributed by atoms with E-state index in [0.29, 0.717) is 21.9 Å². The van der Waals surface area contributed by atoms with E-state index in [2.05, 4.69) is 5.32 Å². The molecule has 1 heterocycles. The van der Waals surface area contributed by atoms with Gasteiger partial charge in [-0.05, 0) is 31.5 Å². The second-order valence-corrected chi connectivity index (χ2v) is 7.19. The fourth-order valence-corrected chi connectivity index (χ4v) is 3.91. The SMILES string of the molecule is CCOC(=O)c1c(NC(=O)c2c(OC)cccc2OC)sc(C(=O)N(C)C)c1C. The largest absolute Gasteiger partial charge is 0.496 e. The number of carbonyl (C=O) groups is 3. The molecule has 0 radical (unpaired) electrons. The third-order valence-corrected chi connectivity index (χ3v) is 5.30. The van der Waals surface area contributed by atoms with Crippen LogP contribution in [0.15, 0.2) is 18.2 Å². The Hall–Kier alpha value is -3.07. The molecule has 2 rings (SSSR count). The Bertz CT molecular complexity index is 913. The number of hydrogen-bond donors (Lipinski definition) is 1. The Morgan fingerprint density at radius 3 is 2.14 bits per heavy atom. The standard InChI is InChI=1S/C20H24N2O6S/c1-7-28-20(25)14-11(2)16(19(24)22(3)4)29-18(14)21-17(23)15-12(26-5)9-8-10-13(15)27-6/h8-10H,7H2,1-6H3,(H,21,23). The predicted octanol–water partition coefficient (Wildman–Crippen LogP) is 3.20. The summed E-state index contributed by atoms with van der Waals surface area (Å²) in [6.45, 7) is 3.50. The average Bonchev–Trinajstić information content (AvgIpc) is 3.02. The topological polar surface area (TPSA) is 94.2 Å². The number of nitrogens with one attached hydrogen (secondary N) is 1. The van der Waals surface area contributed by atoms with E-state index in [9.17, 15) is 14.4 Å². The number of anilines is 1. The molecule has 0 aliphatic rings. The van der Waals surface area contributed by atoms with E-state index in [1.165, 1.54) is 19.1 Å². The smallest absolute Gasteiger partial charge is 0.341 e. The summed E-state index contributed by atoms with van der Waals surface area (Å²) in [6, 6.07) is 4.95. The lowest BCUT2D eigenvalue weighted by Crippen LogP contribution is -2.21. The summed E-state index contributed by atoms with van der Waals surface area (Å²) in [4.78, 5) is 39.8. The lowest BCUT2D eigenvalue weighted by molar-refractivity contribution is 0.0527. The molecule has 1 aromatic carbocycles. The van der Waals surface area contributed by atoms with Gasteiger partial charge < -0.3 is 24.4 Å². The normalized spacial score (nSPS) is 10.3. The molecule has 1 N–H and O–H groups in total. The number of ether oxygens (including phenoxy) is 3. The van der Waals surface area contributed by atoms with Gasteiger partial charge in [0.15, 0.2) is 0 Å². The number of nitrogens with zero attached hydrogens (tertiary/aromatic N) is 1. The molecule has 0 aliphatic heterocycles. The molecule has 8 nitrogen and oxygen atoms in total. The van der Waals surface area contributed by atoms with Gasteiger partial charge in [0.1, 0.15) is 22.1 Å². The van der Waals surface area contributed by atoms with Crippen LogP contribution in [0, 0.1) is 6.92 Å². The number of amides is 2. The van der Waals surface area contributed by atoms with Gasteiger partial charge in [0.25, 0.3) is 11.8 Å². The van der Waals surface area contributed by atoms with Crippen LogP contribution in [-0.4, -0.2) is 57.6 Å². The van der Waals surface area contributed by atoms with Crippen molar-refractivity contribution in [3.8, 4) is 11.5 Å². The molecule has 29 heavy (non-hydrogen) atoms. The molecule has 2 amide bonds. The summed E-state index contributed by atoms with van der Waals surface area (Å²) in [6.07, 6.45) is 0. The third kappa shape index (κ3) is 4.51. The van der Waals surface area contributed by atoms with Gasteiger partial charge in [-0.15, -0.1) is 11.3 Å². The summed E-state index contributed by atoms with van der Waals surface area (Å²) < 4.78 is 15.7. The fraction of sp³-hybridized carbons (Fsp3) is 0.350. The molecule has 0 unspecified atom stereocenters. The van der Waals surface area contributed by atoms with Crippen molar-refractivity contribution in [3.63, 3.8) is 0 Å². The summed E-state index contributed by atoms with van der Waals surface area (Å²) in [5.74, 6) is -0.778. The number of thiophene rings is 1. The molecular weight excluding hydrogens is 396 g/mol. The molecule has 0 aliphatic carbocycles. The van der Waals surface area contributed by atoms with Gasteiger partial charge in [-0.3, -0.25) is 9.59 Å². The number of rotatable bonds is 7. The summed E-state index contributed by atoms with van der Waals surface area (Å²) in [7, 11) is 6.12. The molecular formula is C20H24N2O6S. The Labute approximate surface area is 173 Å². The first-order valence-corrected chi connectivity index (χ1v) is 9.62. The molecule has 0 saturated heterocycles. The minimum atomic E-state index is -0.610. The Morgan fingerprint density at radius 1 is 1.07 bits per heavy atom. The van der Waals surface area contributed by atoms with Crippen LogP contribution in [0.1, 0.15) is 42.9 Å². The second kappa shape index (κ2) is 9.42. The molecule has 0 fully saturated rings. The first-order valence-electron chi connectivity index (χ1n) is 8.81. The second-order valence-electron chi connectivity index (χ2n) is 6.17. The summed E-state index contributed by atoms with van der Waals surface area (Å²) >= 11 is 1.02.